The van der Waals surface area contributed by atoms with Crippen molar-refractivity contribution < 1.29 is 33.8 Å². The molecule has 2 aliphatic heterocycles. The van der Waals surface area contributed by atoms with Gasteiger partial charge in [0, 0.05) is 5.56 Å². The molecule has 1 atom stereocenters. The average Bonchev–Trinajstić information content (AvgIpc) is 3.25. The number of rotatable bonds is 10. The SMILES string of the molecule is CCCOc1ccc(C(O)=C2C(=O)C(=O)N(CC[NH+]3CCOCC3)[C@@H]2c2cccc(Oc3ccccc3)c2)c(C)c1. The fourth-order valence-electron chi connectivity index (χ4n) is 5.38. The van der Waals surface area contributed by atoms with Crippen molar-refractivity contribution >= 4 is 17.4 Å². The smallest absolute Gasteiger partial charge is 0.295 e. The minimum absolute atomic E-state index is 0.0779. The van der Waals surface area contributed by atoms with Crippen LogP contribution < -0.4 is 14.4 Å². The van der Waals surface area contributed by atoms with Crippen LogP contribution in [-0.4, -0.2) is 67.7 Å². The number of Topliss-reactive ketones (excluding diaryl/α,β-unsaturated/α-hetero) is 1. The first-order chi connectivity index (χ1) is 20.0. The van der Waals surface area contributed by atoms with Gasteiger partial charge in [-0.05, 0) is 66.9 Å². The van der Waals surface area contributed by atoms with Gasteiger partial charge in [0.15, 0.2) is 0 Å². The Hall–Kier alpha value is -4.14. The molecule has 0 bridgehead atoms. The van der Waals surface area contributed by atoms with Crippen LogP contribution in [-0.2, 0) is 14.3 Å². The van der Waals surface area contributed by atoms with Gasteiger partial charge in [-0.15, -0.1) is 0 Å². The van der Waals surface area contributed by atoms with Crippen LogP contribution in [0.3, 0.4) is 0 Å². The van der Waals surface area contributed by atoms with Crippen LogP contribution in [0.2, 0.25) is 0 Å². The molecular formula is C33H37N2O6+. The topological polar surface area (TPSA) is 89.7 Å². The number of aliphatic hydroxyl groups is 1. The summed E-state index contributed by atoms with van der Waals surface area (Å²) in [5.74, 6) is 0.451. The standard InChI is InChI=1S/C33H36N2O6/c1-3-18-40-26-12-13-28(23(2)21-26)31(36)29-30(24-8-7-11-27(22-24)41-25-9-5-4-6-10-25)35(33(38)32(29)37)15-14-34-16-19-39-20-17-34/h4-13,21-22,30,36H,3,14-20H2,1-2H3/p+1/t30-/m1/s1. The number of ether oxygens (including phenoxy) is 3. The van der Waals surface area contributed by atoms with Crippen LogP contribution >= 0.6 is 0 Å². The first-order valence-corrected chi connectivity index (χ1v) is 14.2. The number of amides is 1. The number of carbonyl (C=O) groups is 2. The van der Waals surface area contributed by atoms with Gasteiger partial charge < -0.3 is 29.1 Å². The van der Waals surface area contributed by atoms with Crippen molar-refractivity contribution in [2.24, 2.45) is 0 Å². The van der Waals surface area contributed by atoms with Crippen molar-refractivity contribution in [3.63, 3.8) is 0 Å². The van der Waals surface area contributed by atoms with E-state index in [1.54, 1.807) is 17.0 Å². The minimum Gasteiger partial charge on any atom is -0.507 e. The summed E-state index contributed by atoms with van der Waals surface area (Å²) in [6.45, 7) is 8.57. The van der Waals surface area contributed by atoms with Crippen LogP contribution in [0.15, 0.2) is 78.4 Å². The molecule has 3 aromatic rings. The molecule has 1 amide bonds. The number of hydrogen-bond acceptors (Lipinski definition) is 6. The Kier molecular flexibility index (Phi) is 9.01. The molecule has 2 N–H and O–H groups in total. The second kappa shape index (κ2) is 13.0. The van der Waals surface area contributed by atoms with E-state index in [1.165, 1.54) is 4.90 Å². The van der Waals surface area contributed by atoms with Gasteiger partial charge in [0.05, 0.1) is 44.5 Å². The lowest BCUT2D eigenvalue weighted by molar-refractivity contribution is -0.907. The Labute approximate surface area is 240 Å². The summed E-state index contributed by atoms with van der Waals surface area (Å²) in [6, 6.07) is 21.4. The third kappa shape index (κ3) is 6.45. The molecule has 214 valence electrons. The van der Waals surface area contributed by atoms with E-state index in [0.717, 1.165) is 25.1 Å². The second-order valence-electron chi connectivity index (χ2n) is 10.4. The zero-order valence-corrected chi connectivity index (χ0v) is 23.6. The quantitative estimate of drug-likeness (QED) is 0.223. The molecule has 3 aromatic carbocycles. The molecule has 2 saturated heterocycles. The highest BCUT2D eigenvalue weighted by Crippen LogP contribution is 2.41. The molecule has 0 aliphatic carbocycles. The molecule has 0 saturated carbocycles. The third-order valence-corrected chi connectivity index (χ3v) is 7.52. The highest BCUT2D eigenvalue weighted by Gasteiger charge is 2.46. The number of ketones is 1. The molecule has 0 unspecified atom stereocenters. The van der Waals surface area contributed by atoms with E-state index in [4.69, 9.17) is 14.2 Å². The minimum atomic E-state index is -0.759. The van der Waals surface area contributed by atoms with E-state index in [-0.39, 0.29) is 11.3 Å². The number of aliphatic hydroxyl groups excluding tert-OH is 1. The number of nitrogens with one attached hydrogen (secondary N) is 1. The van der Waals surface area contributed by atoms with Gasteiger partial charge in [0.2, 0.25) is 0 Å². The summed E-state index contributed by atoms with van der Waals surface area (Å²) < 4.78 is 17.3. The number of aryl methyl sites for hydroxylation is 1. The maximum absolute atomic E-state index is 13.6. The number of nitrogens with zero attached hydrogens (tertiary/aromatic N) is 1. The fraction of sp³-hybridized carbons (Fsp3) is 0.333. The zero-order chi connectivity index (χ0) is 28.8. The van der Waals surface area contributed by atoms with Gasteiger partial charge in [-0.1, -0.05) is 37.3 Å². The van der Waals surface area contributed by atoms with Crippen LogP contribution in [0.5, 0.6) is 17.2 Å². The van der Waals surface area contributed by atoms with Gasteiger partial charge in [0.1, 0.15) is 36.1 Å². The average molecular weight is 558 g/mol. The summed E-state index contributed by atoms with van der Waals surface area (Å²) in [5, 5.41) is 11.6. The van der Waals surface area contributed by atoms with Crippen LogP contribution in [0, 0.1) is 6.92 Å². The predicted octanol–water partition coefficient (Wildman–Crippen LogP) is 3.91. The molecule has 5 rings (SSSR count). The van der Waals surface area contributed by atoms with E-state index >= 15 is 0 Å². The molecule has 8 heteroatoms. The largest absolute Gasteiger partial charge is 0.507 e. The normalized spacial score (nSPS) is 19.0. The van der Waals surface area contributed by atoms with E-state index < -0.39 is 17.7 Å². The second-order valence-corrected chi connectivity index (χ2v) is 10.4. The number of likely N-dealkylation sites (tertiary alicyclic amines) is 1. The van der Waals surface area contributed by atoms with Crippen LogP contribution in [0.1, 0.15) is 36.1 Å². The van der Waals surface area contributed by atoms with Crippen molar-refractivity contribution in [1.29, 1.82) is 0 Å². The first kappa shape index (κ1) is 28.4. The summed E-state index contributed by atoms with van der Waals surface area (Å²) in [6.07, 6.45) is 0.878. The Balaban J connectivity index is 1.53. The molecule has 0 spiro atoms. The predicted molar refractivity (Wildman–Crippen MR) is 155 cm³/mol. The molecule has 2 heterocycles. The Morgan fingerprint density at radius 1 is 0.976 bits per heavy atom. The molecule has 2 aliphatic rings. The Morgan fingerprint density at radius 2 is 1.73 bits per heavy atom. The summed E-state index contributed by atoms with van der Waals surface area (Å²) in [5.41, 5.74) is 2.01. The fourth-order valence-corrected chi connectivity index (χ4v) is 5.38. The molecule has 0 radical (unpaired) electrons. The Bertz CT molecular complexity index is 1410. The van der Waals surface area contributed by atoms with Crippen molar-refractivity contribution in [2.75, 3.05) is 46.0 Å². The van der Waals surface area contributed by atoms with Gasteiger partial charge in [-0.3, -0.25) is 9.59 Å². The van der Waals surface area contributed by atoms with Gasteiger partial charge in [-0.25, -0.2) is 0 Å². The number of quaternary nitrogens is 1. The van der Waals surface area contributed by atoms with Crippen LogP contribution in [0.4, 0.5) is 0 Å². The van der Waals surface area contributed by atoms with E-state index in [2.05, 4.69) is 0 Å². The highest BCUT2D eigenvalue weighted by molar-refractivity contribution is 6.46. The lowest BCUT2D eigenvalue weighted by Gasteiger charge is -2.29. The molecule has 41 heavy (non-hydrogen) atoms. The number of morpholine rings is 1. The van der Waals surface area contributed by atoms with Gasteiger partial charge in [0.25, 0.3) is 11.7 Å². The maximum atomic E-state index is 13.6. The number of carbonyl (C=O) groups excluding carboxylic acids is 2. The number of para-hydroxylation sites is 1. The van der Waals surface area contributed by atoms with E-state index in [1.807, 2.05) is 74.5 Å². The van der Waals surface area contributed by atoms with E-state index in [0.29, 0.717) is 61.3 Å². The van der Waals surface area contributed by atoms with Crippen molar-refractivity contribution in [2.45, 2.75) is 26.3 Å². The van der Waals surface area contributed by atoms with Crippen molar-refractivity contribution in [3.8, 4) is 17.2 Å². The summed E-state index contributed by atoms with van der Waals surface area (Å²) >= 11 is 0. The molecule has 8 nitrogen and oxygen atoms in total. The summed E-state index contributed by atoms with van der Waals surface area (Å²) in [7, 11) is 0. The van der Waals surface area contributed by atoms with Crippen molar-refractivity contribution in [1.82, 2.24) is 4.90 Å². The lowest BCUT2D eigenvalue weighted by atomic mass is 9.93. The van der Waals surface area contributed by atoms with Crippen LogP contribution in [0.25, 0.3) is 5.76 Å². The molecule has 0 aromatic heterocycles. The first-order valence-electron chi connectivity index (χ1n) is 14.2. The Morgan fingerprint density at radius 3 is 2.46 bits per heavy atom. The van der Waals surface area contributed by atoms with Gasteiger partial charge >= 0.3 is 0 Å². The molecular weight excluding hydrogens is 520 g/mol. The number of benzene rings is 3. The number of hydrogen-bond donors (Lipinski definition) is 2. The monoisotopic (exact) mass is 557 g/mol. The lowest BCUT2D eigenvalue weighted by Crippen LogP contribution is -3.14. The van der Waals surface area contributed by atoms with Gasteiger partial charge in [-0.2, -0.15) is 0 Å². The molecule has 2 fully saturated rings. The highest BCUT2D eigenvalue weighted by atomic mass is 16.5. The summed E-state index contributed by atoms with van der Waals surface area (Å²) in [4.78, 5) is 30.0. The van der Waals surface area contributed by atoms with E-state index in [9.17, 15) is 14.7 Å². The van der Waals surface area contributed by atoms with Crippen molar-refractivity contribution in [3.05, 3.63) is 95.1 Å². The third-order valence-electron chi connectivity index (χ3n) is 7.52. The maximum Gasteiger partial charge on any atom is 0.295 e. The zero-order valence-electron chi connectivity index (χ0n) is 23.6.